The first-order chi connectivity index (χ1) is 6.70. The van der Waals surface area contributed by atoms with Gasteiger partial charge in [0.2, 0.25) is 0 Å². The molecule has 0 amide bonds. The normalized spacial score (nSPS) is 37.4. The van der Waals surface area contributed by atoms with Gasteiger partial charge in [-0.15, -0.1) is 0 Å². The average molecular weight is 229 g/mol. The molecule has 0 spiro atoms. The molecule has 1 aromatic carbocycles. The molecule has 1 nitrogen and oxygen atoms in total. The lowest BCUT2D eigenvalue weighted by atomic mass is 9.95. The molecule has 14 heavy (non-hydrogen) atoms. The van der Waals surface area contributed by atoms with Crippen LogP contribution in [0.3, 0.4) is 0 Å². The number of rotatable bonds is 1. The molecule has 1 aromatic rings. The molecule has 1 aliphatic rings. The van der Waals surface area contributed by atoms with Crippen molar-refractivity contribution < 1.29 is 4.52 Å². The monoisotopic (exact) mass is 228 g/mol. The second-order valence-electron chi connectivity index (χ2n) is 3.81. The van der Waals surface area contributed by atoms with Gasteiger partial charge in [-0.3, -0.25) is 0 Å². The highest BCUT2D eigenvalue weighted by molar-refractivity contribution is 7.80. The Kier molecular flexibility index (Phi) is 3.11. The van der Waals surface area contributed by atoms with Gasteiger partial charge in [-0.25, -0.2) is 0 Å². The molecule has 2 rings (SSSR count). The maximum absolute atomic E-state index is 6.14. The zero-order valence-electron chi connectivity index (χ0n) is 8.35. The van der Waals surface area contributed by atoms with E-state index in [4.69, 9.17) is 15.8 Å². The van der Waals surface area contributed by atoms with Crippen LogP contribution in [0.5, 0.6) is 0 Å². The van der Waals surface area contributed by atoms with Crippen LogP contribution >= 0.6 is 18.7 Å². The largest absolute Gasteiger partial charge is 0.335 e. The minimum Gasteiger partial charge on any atom is -0.335 e. The summed E-state index contributed by atoms with van der Waals surface area (Å²) in [6, 6.07) is 10.3. The third-order valence-corrected chi connectivity index (χ3v) is 5.60. The maximum atomic E-state index is 6.14. The van der Waals surface area contributed by atoms with Crippen molar-refractivity contribution in [2.75, 3.05) is 0 Å². The molecule has 4 atom stereocenters. The van der Waals surface area contributed by atoms with Gasteiger partial charge in [-0.05, 0) is 11.5 Å². The molecule has 1 heterocycles. The molecule has 1 fully saturated rings. The average Bonchev–Trinajstić information content (AvgIpc) is 2.47. The molecule has 76 valence electrons. The fourth-order valence-corrected chi connectivity index (χ4v) is 3.78. The van der Waals surface area contributed by atoms with Crippen molar-refractivity contribution in [3.05, 3.63) is 35.9 Å². The third kappa shape index (κ3) is 1.82. The van der Waals surface area contributed by atoms with Crippen molar-refractivity contribution in [3.8, 4) is 0 Å². The van der Waals surface area contributed by atoms with Gasteiger partial charge in [0.25, 0.3) is 0 Å². The van der Waals surface area contributed by atoms with Crippen molar-refractivity contribution in [1.82, 2.24) is 0 Å². The molecule has 0 saturated carbocycles. The predicted octanol–water partition coefficient (Wildman–Crippen LogP) is 4.33. The third-order valence-electron chi connectivity index (χ3n) is 2.90. The summed E-state index contributed by atoms with van der Waals surface area (Å²) >= 11 is 6.14. The summed E-state index contributed by atoms with van der Waals surface area (Å²) in [6.07, 6.45) is 0.190. The topological polar surface area (TPSA) is 9.23 Å². The van der Waals surface area contributed by atoms with Crippen LogP contribution in [0.2, 0.25) is 0 Å². The lowest BCUT2D eigenvalue weighted by molar-refractivity contribution is 0.207. The van der Waals surface area contributed by atoms with Gasteiger partial charge in [-0.2, -0.15) is 0 Å². The minimum atomic E-state index is -0.756. The molecule has 3 heteroatoms. The van der Waals surface area contributed by atoms with E-state index in [0.29, 0.717) is 11.6 Å². The van der Waals surface area contributed by atoms with E-state index in [-0.39, 0.29) is 6.10 Å². The highest BCUT2D eigenvalue weighted by atomic mass is 35.7. The van der Waals surface area contributed by atoms with Crippen LogP contribution in [0, 0.1) is 5.92 Å². The summed E-state index contributed by atoms with van der Waals surface area (Å²) in [5, 5.41) is 0. The summed E-state index contributed by atoms with van der Waals surface area (Å²) in [6.45, 7) is 4.39. The Bertz CT molecular complexity index is 303. The second-order valence-corrected chi connectivity index (χ2v) is 6.38. The van der Waals surface area contributed by atoms with Crippen LogP contribution < -0.4 is 0 Å². The van der Waals surface area contributed by atoms with Crippen LogP contribution in [0.15, 0.2) is 30.3 Å². The van der Waals surface area contributed by atoms with Crippen molar-refractivity contribution in [1.29, 1.82) is 0 Å². The van der Waals surface area contributed by atoms with Crippen LogP contribution in [0.1, 0.15) is 25.5 Å². The Morgan fingerprint density at radius 1 is 1.21 bits per heavy atom. The summed E-state index contributed by atoms with van der Waals surface area (Å²) in [5.74, 6) is 0.515. The standard InChI is InChI=1S/C11H14ClOP/c1-8-9(2)14(12)13-11(8)10-6-4-3-5-7-10/h3-9,11H,1-2H3/t8-,9?,11+,14?/m1/s1. The molecule has 0 bridgehead atoms. The van der Waals surface area contributed by atoms with Crippen LogP contribution in [-0.4, -0.2) is 5.66 Å². The van der Waals surface area contributed by atoms with Gasteiger partial charge < -0.3 is 4.52 Å². The molecule has 0 aromatic heterocycles. The van der Waals surface area contributed by atoms with E-state index < -0.39 is 7.50 Å². The van der Waals surface area contributed by atoms with Crippen molar-refractivity contribution in [2.24, 2.45) is 5.92 Å². The van der Waals surface area contributed by atoms with E-state index in [9.17, 15) is 0 Å². The molecule has 1 saturated heterocycles. The fourth-order valence-electron chi connectivity index (χ4n) is 1.75. The fraction of sp³-hybridized carbons (Fsp3) is 0.455. The summed E-state index contributed by atoms with van der Waals surface area (Å²) in [5.41, 5.74) is 1.73. The lowest BCUT2D eigenvalue weighted by Crippen LogP contribution is -2.10. The van der Waals surface area contributed by atoms with E-state index >= 15 is 0 Å². The summed E-state index contributed by atoms with van der Waals surface area (Å²) in [4.78, 5) is 0. The molecule has 2 unspecified atom stereocenters. The first-order valence-electron chi connectivity index (χ1n) is 4.87. The van der Waals surface area contributed by atoms with Gasteiger partial charge in [0.15, 0.2) is 0 Å². The van der Waals surface area contributed by atoms with Crippen LogP contribution in [-0.2, 0) is 4.52 Å². The van der Waals surface area contributed by atoms with E-state index in [2.05, 4.69) is 26.0 Å². The van der Waals surface area contributed by atoms with Crippen LogP contribution in [0.4, 0.5) is 0 Å². The second kappa shape index (κ2) is 4.18. The molecular weight excluding hydrogens is 215 g/mol. The first-order valence-corrected chi connectivity index (χ1v) is 7.10. The maximum Gasteiger partial charge on any atom is 0.128 e. The summed E-state index contributed by atoms with van der Waals surface area (Å²) in [7, 11) is -0.756. The van der Waals surface area contributed by atoms with Gasteiger partial charge in [0.1, 0.15) is 7.50 Å². The Morgan fingerprint density at radius 2 is 1.86 bits per heavy atom. The highest BCUT2D eigenvalue weighted by Crippen LogP contribution is 2.62. The van der Waals surface area contributed by atoms with E-state index in [1.54, 1.807) is 0 Å². The Hall–Kier alpha value is -0.100. The van der Waals surface area contributed by atoms with E-state index in [0.717, 1.165) is 0 Å². The summed E-state index contributed by atoms with van der Waals surface area (Å²) < 4.78 is 5.80. The number of halogens is 1. The van der Waals surface area contributed by atoms with Crippen molar-refractivity contribution in [2.45, 2.75) is 25.6 Å². The molecule has 0 N–H and O–H groups in total. The smallest absolute Gasteiger partial charge is 0.128 e. The Balaban J connectivity index is 2.21. The highest BCUT2D eigenvalue weighted by Gasteiger charge is 2.39. The SMILES string of the molecule is CC1[C@@H](C)[C@@H](c2ccccc2)OP1Cl. The van der Waals surface area contributed by atoms with E-state index in [1.807, 2.05) is 18.2 Å². The predicted molar refractivity (Wildman–Crippen MR) is 61.7 cm³/mol. The molecule has 0 radical (unpaired) electrons. The van der Waals surface area contributed by atoms with Crippen LogP contribution in [0.25, 0.3) is 0 Å². The molecular formula is C11H14ClOP. The van der Waals surface area contributed by atoms with Gasteiger partial charge in [0, 0.05) is 5.66 Å². The zero-order chi connectivity index (χ0) is 10.1. The molecule has 0 aliphatic carbocycles. The quantitative estimate of drug-likeness (QED) is 0.650. The van der Waals surface area contributed by atoms with Gasteiger partial charge >= 0.3 is 0 Å². The minimum absolute atomic E-state index is 0.190. The Morgan fingerprint density at radius 3 is 2.36 bits per heavy atom. The van der Waals surface area contributed by atoms with Crippen molar-refractivity contribution >= 4 is 18.7 Å². The lowest BCUT2D eigenvalue weighted by Gasteiger charge is -2.15. The van der Waals surface area contributed by atoms with E-state index in [1.165, 1.54) is 5.56 Å². The molecule has 1 aliphatic heterocycles. The number of benzene rings is 1. The number of hydrogen-bond acceptors (Lipinski definition) is 1. The van der Waals surface area contributed by atoms with Gasteiger partial charge in [-0.1, -0.05) is 55.4 Å². The zero-order valence-corrected chi connectivity index (χ0v) is 10.0. The Labute approximate surface area is 91.0 Å². The number of hydrogen-bond donors (Lipinski definition) is 0. The first kappa shape index (κ1) is 10.4. The van der Waals surface area contributed by atoms with Gasteiger partial charge in [0.05, 0.1) is 6.10 Å². The van der Waals surface area contributed by atoms with Crippen molar-refractivity contribution in [3.63, 3.8) is 0 Å².